The average molecular weight is 303 g/mol. The van der Waals surface area contributed by atoms with Crippen molar-refractivity contribution in [2.45, 2.75) is 6.61 Å². The smallest absolute Gasteiger partial charge is 0.220 e. The molecule has 3 rings (SSSR count). The van der Waals surface area contributed by atoms with E-state index in [1.165, 1.54) is 11.3 Å². The highest BCUT2D eigenvalue weighted by atomic mass is 32.1. The zero-order valence-corrected chi connectivity index (χ0v) is 12.1. The molecule has 1 aromatic carbocycles. The van der Waals surface area contributed by atoms with Crippen LogP contribution in [0.3, 0.4) is 0 Å². The quantitative estimate of drug-likeness (QED) is 0.756. The summed E-state index contributed by atoms with van der Waals surface area (Å²) in [4.78, 5) is 12.1. The maximum atomic E-state index is 5.73. The molecule has 0 amide bonds. The summed E-state index contributed by atoms with van der Waals surface area (Å²) in [6.45, 7) is 0.287. The standard InChI is InChI=1S/C13H13N5O2S/c1-19-9-4-8(5-10-11(9)18-13(15)21-10)20-6-7-2-3-16-12(14)17-7/h2-5H,6H2,1H3,(H2,15,18)(H2,14,16,17). The molecule has 2 heterocycles. The maximum absolute atomic E-state index is 5.73. The van der Waals surface area contributed by atoms with Crippen molar-refractivity contribution >= 4 is 32.6 Å². The molecule has 2 aromatic heterocycles. The molecule has 0 aliphatic heterocycles. The summed E-state index contributed by atoms with van der Waals surface area (Å²) in [6, 6.07) is 5.39. The van der Waals surface area contributed by atoms with E-state index in [0.29, 0.717) is 22.3 Å². The number of fused-ring (bicyclic) bond motifs is 1. The van der Waals surface area contributed by atoms with Crippen LogP contribution in [0.15, 0.2) is 24.4 Å². The highest BCUT2D eigenvalue weighted by molar-refractivity contribution is 7.22. The van der Waals surface area contributed by atoms with Crippen molar-refractivity contribution in [3.63, 3.8) is 0 Å². The molecule has 4 N–H and O–H groups in total. The summed E-state index contributed by atoms with van der Waals surface area (Å²) in [7, 11) is 1.58. The van der Waals surface area contributed by atoms with Gasteiger partial charge < -0.3 is 20.9 Å². The Morgan fingerprint density at radius 2 is 2.10 bits per heavy atom. The van der Waals surface area contributed by atoms with Crippen LogP contribution < -0.4 is 20.9 Å². The topological polar surface area (TPSA) is 109 Å². The minimum absolute atomic E-state index is 0.222. The van der Waals surface area contributed by atoms with E-state index in [1.807, 2.05) is 6.07 Å². The van der Waals surface area contributed by atoms with E-state index in [4.69, 9.17) is 20.9 Å². The molecule has 0 aliphatic carbocycles. The number of hydrogen-bond donors (Lipinski definition) is 2. The number of ether oxygens (including phenoxy) is 2. The van der Waals surface area contributed by atoms with Gasteiger partial charge in [0.15, 0.2) is 5.13 Å². The molecule has 0 atom stereocenters. The van der Waals surface area contributed by atoms with Gasteiger partial charge in [-0.2, -0.15) is 0 Å². The minimum atomic E-state index is 0.222. The minimum Gasteiger partial charge on any atom is -0.494 e. The first-order valence-electron chi connectivity index (χ1n) is 6.10. The van der Waals surface area contributed by atoms with E-state index >= 15 is 0 Å². The number of rotatable bonds is 4. The van der Waals surface area contributed by atoms with Crippen molar-refractivity contribution in [2.75, 3.05) is 18.6 Å². The Morgan fingerprint density at radius 3 is 2.86 bits per heavy atom. The zero-order valence-electron chi connectivity index (χ0n) is 11.2. The van der Waals surface area contributed by atoms with Gasteiger partial charge in [0, 0.05) is 12.3 Å². The van der Waals surface area contributed by atoms with E-state index < -0.39 is 0 Å². The average Bonchev–Trinajstić information content (AvgIpc) is 2.84. The van der Waals surface area contributed by atoms with Gasteiger partial charge in [0.05, 0.1) is 17.5 Å². The van der Waals surface area contributed by atoms with Crippen LogP contribution in [0.1, 0.15) is 5.69 Å². The molecule has 7 nitrogen and oxygen atoms in total. The molecule has 0 fully saturated rings. The van der Waals surface area contributed by atoms with Gasteiger partial charge in [-0.3, -0.25) is 0 Å². The lowest BCUT2D eigenvalue weighted by Crippen LogP contribution is -2.02. The molecule has 0 spiro atoms. The van der Waals surface area contributed by atoms with Gasteiger partial charge >= 0.3 is 0 Å². The maximum Gasteiger partial charge on any atom is 0.220 e. The molecule has 0 radical (unpaired) electrons. The number of hydrogen-bond acceptors (Lipinski definition) is 8. The summed E-state index contributed by atoms with van der Waals surface area (Å²) < 4.78 is 11.9. The lowest BCUT2D eigenvalue weighted by atomic mass is 10.3. The largest absolute Gasteiger partial charge is 0.494 e. The third kappa shape index (κ3) is 2.79. The summed E-state index contributed by atoms with van der Waals surface area (Å²) in [5, 5.41) is 0.490. The number of thiazole rings is 1. The van der Waals surface area contributed by atoms with Crippen molar-refractivity contribution in [2.24, 2.45) is 0 Å². The van der Waals surface area contributed by atoms with Crippen LogP contribution in [-0.4, -0.2) is 22.1 Å². The number of benzene rings is 1. The summed E-state index contributed by atoms with van der Waals surface area (Å²) in [6.07, 6.45) is 1.59. The summed E-state index contributed by atoms with van der Waals surface area (Å²) >= 11 is 1.38. The van der Waals surface area contributed by atoms with Crippen molar-refractivity contribution in [1.29, 1.82) is 0 Å². The molecule has 0 saturated carbocycles. The number of nitrogen functional groups attached to an aromatic ring is 2. The Kier molecular flexibility index (Phi) is 3.44. The van der Waals surface area contributed by atoms with Gasteiger partial charge in [-0.25, -0.2) is 15.0 Å². The fourth-order valence-corrected chi connectivity index (χ4v) is 2.66. The number of aromatic nitrogens is 3. The second-order valence-corrected chi connectivity index (χ2v) is 5.28. The molecule has 21 heavy (non-hydrogen) atoms. The SMILES string of the molecule is COc1cc(OCc2ccnc(N)n2)cc2sc(N)nc12. The van der Waals surface area contributed by atoms with Crippen LogP contribution in [0, 0.1) is 0 Å². The predicted molar refractivity (Wildman–Crippen MR) is 81.4 cm³/mol. The summed E-state index contributed by atoms with van der Waals surface area (Å²) in [5.74, 6) is 1.50. The Hall–Kier alpha value is -2.61. The second kappa shape index (κ2) is 5.41. The lowest BCUT2D eigenvalue weighted by molar-refractivity contribution is 0.299. The van der Waals surface area contributed by atoms with Crippen LogP contribution in [-0.2, 0) is 6.61 Å². The van der Waals surface area contributed by atoms with Crippen LogP contribution in [0.2, 0.25) is 0 Å². The third-order valence-electron chi connectivity index (χ3n) is 2.79. The molecule has 0 saturated heterocycles. The fourth-order valence-electron chi connectivity index (χ4n) is 1.88. The Morgan fingerprint density at radius 1 is 1.24 bits per heavy atom. The van der Waals surface area contributed by atoms with Crippen LogP contribution in [0.25, 0.3) is 10.2 Å². The highest BCUT2D eigenvalue weighted by Gasteiger charge is 2.10. The van der Waals surface area contributed by atoms with Crippen molar-refractivity contribution in [1.82, 2.24) is 15.0 Å². The summed E-state index contributed by atoms with van der Waals surface area (Å²) in [5.41, 5.74) is 12.7. The number of nitrogens with zero attached hydrogens (tertiary/aromatic N) is 3. The second-order valence-electron chi connectivity index (χ2n) is 4.22. The Bertz CT molecular complexity index is 789. The number of anilines is 2. The van der Waals surface area contributed by atoms with Crippen LogP contribution in [0.4, 0.5) is 11.1 Å². The van der Waals surface area contributed by atoms with Gasteiger partial charge in [0.2, 0.25) is 5.95 Å². The van der Waals surface area contributed by atoms with Crippen molar-refractivity contribution in [3.05, 3.63) is 30.1 Å². The third-order valence-corrected chi connectivity index (χ3v) is 3.62. The van der Waals surface area contributed by atoms with Crippen LogP contribution in [0.5, 0.6) is 11.5 Å². The fraction of sp³-hybridized carbons (Fsp3) is 0.154. The normalized spacial score (nSPS) is 10.7. The molecular formula is C13H13N5O2S. The molecule has 3 aromatic rings. The van der Waals surface area contributed by atoms with Gasteiger partial charge in [-0.15, -0.1) is 0 Å². The molecule has 0 unspecified atom stereocenters. The van der Waals surface area contributed by atoms with Crippen molar-refractivity contribution < 1.29 is 9.47 Å². The molecular weight excluding hydrogens is 290 g/mol. The Balaban J connectivity index is 1.86. The first kappa shape index (κ1) is 13.4. The predicted octanol–water partition coefficient (Wildman–Crippen LogP) is 1.84. The van der Waals surface area contributed by atoms with Gasteiger partial charge in [-0.1, -0.05) is 11.3 Å². The number of nitrogens with two attached hydrogens (primary N) is 2. The van der Waals surface area contributed by atoms with E-state index in [-0.39, 0.29) is 12.6 Å². The highest BCUT2D eigenvalue weighted by Crippen LogP contribution is 2.35. The first-order valence-corrected chi connectivity index (χ1v) is 6.91. The van der Waals surface area contributed by atoms with E-state index in [9.17, 15) is 0 Å². The molecule has 108 valence electrons. The lowest BCUT2D eigenvalue weighted by Gasteiger charge is -2.08. The number of methoxy groups -OCH3 is 1. The molecule has 8 heteroatoms. The molecule has 0 bridgehead atoms. The van der Waals surface area contributed by atoms with Crippen molar-refractivity contribution in [3.8, 4) is 11.5 Å². The zero-order chi connectivity index (χ0) is 14.8. The van der Waals surface area contributed by atoms with Gasteiger partial charge in [0.25, 0.3) is 0 Å². The Labute approximate surface area is 124 Å². The first-order chi connectivity index (χ1) is 10.2. The van der Waals surface area contributed by atoms with E-state index in [1.54, 1.807) is 25.4 Å². The monoisotopic (exact) mass is 303 g/mol. The van der Waals surface area contributed by atoms with Gasteiger partial charge in [-0.05, 0) is 12.1 Å². The van der Waals surface area contributed by atoms with Crippen LogP contribution >= 0.6 is 11.3 Å². The van der Waals surface area contributed by atoms with E-state index in [2.05, 4.69) is 15.0 Å². The molecule has 0 aliphatic rings. The van der Waals surface area contributed by atoms with E-state index in [0.717, 1.165) is 10.2 Å². The van der Waals surface area contributed by atoms with Gasteiger partial charge in [0.1, 0.15) is 23.6 Å².